The highest BCUT2D eigenvalue weighted by Crippen LogP contribution is 2.33. The standard InChI is InChI=1S/C17H21N3O5/c1-25-17(22)18-8-2-5-13(11-18)16(21)19-9-3-4-12-6-7-14(20(23)24)10-15(12)19/h6-7,10,13H,2-5,8-9,11H2,1H3. The first-order valence-corrected chi connectivity index (χ1v) is 8.43. The van der Waals surface area contributed by atoms with E-state index in [0.717, 1.165) is 24.8 Å². The SMILES string of the molecule is COC(=O)N1CCCC(C(=O)N2CCCc3ccc([N+](=O)[O-])cc32)C1. The van der Waals surface area contributed by atoms with Crippen LogP contribution in [0.1, 0.15) is 24.8 Å². The summed E-state index contributed by atoms with van der Waals surface area (Å²) in [6.07, 6.45) is 2.64. The molecular formula is C17H21N3O5. The van der Waals surface area contributed by atoms with Crippen LogP contribution in [0.3, 0.4) is 0 Å². The van der Waals surface area contributed by atoms with Gasteiger partial charge in [0.2, 0.25) is 5.91 Å². The van der Waals surface area contributed by atoms with Crippen molar-refractivity contribution in [1.29, 1.82) is 0 Å². The molecule has 1 aromatic rings. The first kappa shape index (κ1) is 17.2. The van der Waals surface area contributed by atoms with Crippen molar-refractivity contribution < 1.29 is 19.2 Å². The van der Waals surface area contributed by atoms with Crippen molar-refractivity contribution in [3.8, 4) is 0 Å². The van der Waals surface area contributed by atoms with E-state index >= 15 is 0 Å². The number of nitro benzene ring substituents is 1. The number of anilines is 1. The molecule has 2 aliphatic rings. The number of nitro groups is 1. The molecule has 1 unspecified atom stereocenters. The molecule has 2 amide bonds. The number of hydrogen-bond acceptors (Lipinski definition) is 5. The molecule has 0 bridgehead atoms. The van der Waals surface area contributed by atoms with Crippen molar-refractivity contribution in [2.24, 2.45) is 5.92 Å². The number of ether oxygens (including phenoxy) is 1. The Morgan fingerprint density at radius 2 is 2.08 bits per heavy atom. The van der Waals surface area contributed by atoms with Crippen LogP contribution in [-0.2, 0) is 16.0 Å². The second-order valence-corrected chi connectivity index (χ2v) is 6.42. The Morgan fingerprint density at radius 1 is 1.28 bits per heavy atom. The molecule has 2 heterocycles. The zero-order chi connectivity index (χ0) is 18.0. The Morgan fingerprint density at radius 3 is 2.80 bits per heavy atom. The number of carbonyl (C=O) groups excluding carboxylic acids is 2. The molecule has 2 aliphatic heterocycles. The maximum Gasteiger partial charge on any atom is 0.409 e. The summed E-state index contributed by atoms with van der Waals surface area (Å²) in [4.78, 5) is 38.6. The van der Waals surface area contributed by atoms with Crippen molar-refractivity contribution >= 4 is 23.4 Å². The molecule has 0 N–H and O–H groups in total. The third-order valence-electron chi connectivity index (χ3n) is 4.87. The molecule has 0 spiro atoms. The number of rotatable bonds is 2. The van der Waals surface area contributed by atoms with Crippen LogP contribution in [0.5, 0.6) is 0 Å². The van der Waals surface area contributed by atoms with Gasteiger partial charge in [-0.15, -0.1) is 0 Å². The predicted octanol–water partition coefficient (Wildman–Crippen LogP) is 2.35. The number of amides is 2. The van der Waals surface area contributed by atoms with Crippen LogP contribution < -0.4 is 4.90 Å². The van der Waals surface area contributed by atoms with Crippen LogP contribution in [0.15, 0.2) is 18.2 Å². The molecule has 1 aromatic carbocycles. The summed E-state index contributed by atoms with van der Waals surface area (Å²) in [7, 11) is 1.33. The number of likely N-dealkylation sites (tertiary alicyclic amines) is 1. The Kier molecular flexibility index (Phi) is 4.87. The highest BCUT2D eigenvalue weighted by molar-refractivity contribution is 5.97. The van der Waals surface area contributed by atoms with E-state index in [2.05, 4.69) is 0 Å². The van der Waals surface area contributed by atoms with E-state index in [1.54, 1.807) is 15.9 Å². The van der Waals surface area contributed by atoms with Gasteiger partial charge >= 0.3 is 6.09 Å². The van der Waals surface area contributed by atoms with Crippen LogP contribution >= 0.6 is 0 Å². The summed E-state index contributed by atoms with van der Waals surface area (Å²) < 4.78 is 4.75. The molecule has 25 heavy (non-hydrogen) atoms. The van der Waals surface area contributed by atoms with Crippen LogP contribution in [0, 0.1) is 16.0 Å². The van der Waals surface area contributed by atoms with Gasteiger partial charge in [-0.05, 0) is 31.2 Å². The molecule has 1 atom stereocenters. The van der Waals surface area contributed by atoms with Gasteiger partial charge in [-0.1, -0.05) is 6.07 Å². The largest absolute Gasteiger partial charge is 0.453 e. The molecule has 0 aromatic heterocycles. The normalized spacial score (nSPS) is 20.0. The van der Waals surface area contributed by atoms with Gasteiger partial charge in [-0.25, -0.2) is 4.79 Å². The maximum absolute atomic E-state index is 13.0. The lowest BCUT2D eigenvalue weighted by Crippen LogP contribution is -2.48. The van der Waals surface area contributed by atoms with Gasteiger partial charge in [-0.3, -0.25) is 14.9 Å². The molecule has 1 saturated heterocycles. The number of carbonyl (C=O) groups is 2. The lowest BCUT2D eigenvalue weighted by atomic mass is 9.94. The van der Waals surface area contributed by atoms with Gasteiger partial charge in [-0.2, -0.15) is 0 Å². The molecule has 8 heteroatoms. The fraction of sp³-hybridized carbons (Fsp3) is 0.529. The summed E-state index contributed by atoms with van der Waals surface area (Å²) in [5.41, 5.74) is 1.56. The smallest absolute Gasteiger partial charge is 0.409 e. The van der Waals surface area contributed by atoms with Crippen molar-refractivity contribution in [1.82, 2.24) is 4.90 Å². The lowest BCUT2D eigenvalue weighted by Gasteiger charge is -2.36. The Hall–Kier alpha value is -2.64. The van der Waals surface area contributed by atoms with Crippen LogP contribution in [0.25, 0.3) is 0 Å². The third-order valence-corrected chi connectivity index (χ3v) is 4.87. The Bertz CT molecular complexity index is 706. The first-order valence-electron chi connectivity index (χ1n) is 8.43. The average molecular weight is 347 g/mol. The summed E-state index contributed by atoms with van der Waals surface area (Å²) in [5, 5.41) is 11.1. The minimum Gasteiger partial charge on any atom is -0.453 e. The van der Waals surface area contributed by atoms with E-state index in [4.69, 9.17) is 4.74 Å². The van der Waals surface area contributed by atoms with Crippen LogP contribution in [-0.4, -0.2) is 48.6 Å². The number of hydrogen-bond donors (Lipinski definition) is 0. The molecule has 1 fully saturated rings. The highest BCUT2D eigenvalue weighted by Gasteiger charge is 2.34. The topological polar surface area (TPSA) is 93.0 Å². The zero-order valence-electron chi connectivity index (χ0n) is 14.1. The van der Waals surface area contributed by atoms with Crippen LogP contribution in [0.2, 0.25) is 0 Å². The molecule has 0 saturated carbocycles. The predicted molar refractivity (Wildman–Crippen MR) is 90.5 cm³/mol. The average Bonchev–Trinajstić information content (AvgIpc) is 2.65. The van der Waals surface area contributed by atoms with E-state index < -0.39 is 11.0 Å². The number of nitrogens with zero attached hydrogens (tertiary/aromatic N) is 3. The monoisotopic (exact) mass is 347 g/mol. The van der Waals surface area contributed by atoms with Crippen molar-refractivity contribution in [3.63, 3.8) is 0 Å². The van der Waals surface area contributed by atoms with E-state index in [-0.39, 0.29) is 17.5 Å². The van der Waals surface area contributed by atoms with E-state index in [1.165, 1.54) is 19.2 Å². The Balaban J connectivity index is 1.83. The number of fused-ring (bicyclic) bond motifs is 1. The zero-order valence-corrected chi connectivity index (χ0v) is 14.1. The minimum absolute atomic E-state index is 0.0155. The minimum atomic E-state index is -0.447. The Labute approximate surface area is 145 Å². The van der Waals surface area contributed by atoms with Gasteiger partial charge in [0, 0.05) is 31.8 Å². The lowest BCUT2D eigenvalue weighted by molar-refractivity contribution is -0.384. The first-order chi connectivity index (χ1) is 12.0. The van der Waals surface area contributed by atoms with Crippen LogP contribution in [0.4, 0.5) is 16.2 Å². The van der Waals surface area contributed by atoms with E-state index in [1.807, 2.05) is 0 Å². The quantitative estimate of drug-likeness (QED) is 0.605. The molecular weight excluding hydrogens is 326 g/mol. The summed E-state index contributed by atoms with van der Waals surface area (Å²) in [5.74, 6) is -0.381. The summed E-state index contributed by atoms with van der Waals surface area (Å²) in [6, 6.07) is 4.69. The fourth-order valence-electron chi connectivity index (χ4n) is 3.60. The third kappa shape index (κ3) is 3.42. The van der Waals surface area contributed by atoms with Crippen molar-refractivity contribution in [2.75, 3.05) is 31.6 Å². The van der Waals surface area contributed by atoms with Crippen molar-refractivity contribution in [2.45, 2.75) is 25.7 Å². The fourth-order valence-corrected chi connectivity index (χ4v) is 3.60. The summed E-state index contributed by atoms with van der Waals surface area (Å²) in [6.45, 7) is 1.45. The molecule has 3 rings (SSSR count). The second-order valence-electron chi connectivity index (χ2n) is 6.42. The van der Waals surface area contributed by atoms with Gasteiger partial charge in [0.05, 0.1) is 23.6 Å². The molecule has 0 aliphatic carbocycles. The number of benzene rings is 1. The van der Waals surface area contributed by atoms with Crippen molar-refractivity contribution in [3.05, 3.63) is 33.9 Å². The highest BCUT2D eigenvalue weighted by atomic mass is 16.6. The number of aryl methyl sites for hydroxylation is 1. The van der Waals surface area contributed by atoms with Gasteiger partial charge in [0.15, 0.2) is 0 Å². The number of methoxy groups -OCH3 is 1. The molecule has 0 radical (unpaired) electrons. The maximum atomic E-state index is 13.0. The van der Waals surface area contributed by atoms with Gasteiger partial charge in [0.25, 0.3) is 5.69 Å². The van der Waals surface area contributed by atoms with Gasteiger partial charge in [0.1, 0.15) is 0 Å². The number of piperidine rings is 1. The van der Waals surface area contributed by atoms with E-state index in [9.17, 15) is 19.7 Å². The molecule has 134 valence electrons. The number of non-ortho nitro benzene ring substituents is 1. The second kappa shape index (κ2) is 7.08. The van der Waals surface area contributed by atoms with Gasteiger partial charge < -0.3 is 14.5 Å². The summed E-state index contributed by atoms with van der Waals surface area (Å²) >= 11 is 0. The van der Waals surface area contributed by atoms with E-state index in [0.29, 0.717) is 31.7 Å². The molecule has 8 nitrogen and oxygen atoms in total.